The molecule has 5 heteroatoms. The molecule has 0 saturated heterocycles. The molecule has 2 amide bonds. The van der Waals surface area contributed by atoms with Crippen LogP contribution in [0.15, 0.2) is 54.7 Å². The fraction of sp³-hybridized carbons (Fsp3) is 0.167. The van der Waals surface area contributed by atoms with Crippen molar-refractivity contribution in [1.82, 2.24) is 10.6 Å². The van der Waals surface area contributed by atoms with Gasteiger partial charge in [0, 0.05) is 18.3 Å². The lowest BCUT2D eigenvalue weighted by Crippen LogP contribution is -2.33. The number of urea groups is 1. The summed E-state index contributed by atoms with van der Waals surface area (Å²) < 4.78 is 18.0. The van der Waals surface area contributed by atoms with Crippen molar-refractivity contribution in [3.63, 3.8) is 0 Å². The lowest BCUT2D eigenvalue weighted by Gasteiger charge is -2.06. The molecule has 0 atom stereocenters. The maximum Gasteiger partial charge on any atom is 0.318 e. The minimum atomic E-state index is -0.293. The molecule has 0 aliphatic heterocycles. The smallest absolute Gasteiger partial charge is 0.318 e. The van der Waals surface area contributed by atoms with Gasteiger partial charge in [0.1, 0.15) is 11.6 Å². The Labute approximate surface area is 135 Å². The largest absolute Gasteiger partial charge is 0.496 e. The Morgan fingerprint density at radius 3 is 2.65 bits per heavy atom. The van der Waals surface area contributed by atoms with E-state index in [1.165, 1.54) is 12.1 Å². The number of nitrogens with one attached hydrogen (secondary N) is 2. The van der Waals surface area contributed by atoms with E-state index in [4.69, 9.17) is 4.74 Å². The van der Waals surface area contributed by atoms with E-state index in [1.54, 1.807) is 31.5 Å². The molecular formula is C18H19FN2O2. The third kappa shape index (κ3) is 5.47. The Morgan fingerprint density at radius 1 is 1.17 bits per heavy atom. The highest BCUT2D eigenvalue weighted by Crippen LogP contribution is 2.18. The molecule has 4 nitrogen and oxygen atoms in total. The third-order valence-corrected chi connectivity index (χ3v) is 3.23. The van der Waals surface area contributed by atoms with Gasteiger partial charge in [-0.15, -0.1) is 0 Å². The van der Waals surface area contributed by atoms with Gasteiger partial charge < -0.3 is 15.4 Å². The van der Waals surface area contributed by atoms with E-state index in [0.717, 1.165) is 16.9 Å². The van der Waals surface area contributed by atoms with E-state index in [2.05, 4.69) is 10.6 Å². The molecule has 0 unspecified atom stereocenters. The number of rotatable bonds is 6. The number of carbonyl (C=O) groups excluding carboxylic acids is 1. The van der Waals surface area contributed by atoms with Crippen LogP contribution in [-0.2, 0) is 6.42 Å². The molecule has 0 fully saturated rings. The molecular weight excluding hydrogens is 295 g/mol. The van der Waals surface area contributed by atoms with Crippen molar-refractivity contribution < 1.29 is 13.9 Å². The fourth-order valence-corrected chi connectivity index (χ4v) is 2.03. The van der Waals surface area contributed by atoms with Gasteiger partial charge in [0.25, 0.3) is 0 Å². The Balaban J connectivity index is 1.74. The van der Waals surface area contributed by atoms with Crippen LogP contribution in [0.25, 0.3) is 6.08 Å². The van der Waals surface area contributed by atoms with Crippen molar-refractivity contribution in [2.75, 3.05) is 13.7 Å². The van der Waals surface area contributed by atoms with Gasteiger partial charge in [-0.1, -0.05) is 30.3 Å². The predicted octanol–water partition coefficient (Wildman–Crippen LogP) is 3.35. The number of hydrogen-bond donors (Lipinski definition) is 2. The standard InChI is InChI=1S/C18H19FN2O2/c1-23-17-5-3-2-4-15(17)11-13-21-18(22)20-12-10-14-6-8-16(19)9-7-14/h2-9,11,13H,10,12H2,1H3,(H2,20,21,22)/b13-11+. The van der Waals surface area contributed by atoms with E-state index in [9.17, 15) is 9.18 Å². The van der Waals surface area contributed by atoms with Crippen LogP contribution in [0.2, 0.25) is 0 Å². The molecule has 0 heterocycles. The Bertz CT molecular complexity index is 669. The van der Waals surface area contributed by atoms with Gasteiger partial charge in [0.05, 0.1) is 7.11 Å². The van der Waals surface area contributed by atoms with Gasteiger partial charge in [-0.25, -0.2) is 9.18 Å². The van der Waals surface area contributed by atoms with Gasteiger partial charge >= 0.3 is 6.03 Å². The molecule has 2 aromatic rings. The number of carbonyl (C=O) groups is 1. The van der Waals surface area contributed by atoms with Crippen LogP contribution in [0.1, 0.15) is 11.1 Å². The maximum absolute atomic E-state index is 12.8. The van der Waals surface area contributed by atoms with Crippen LogP contribution < -0.4 is 15.4 Å². The van der Waals surface area contributed by atoms with E-state index in [1.807, 2.05) is 24.3 Å². The van der Waals surface area contributed by atoms with Crippen molar-refractivity contribution in [3.05, 3.63) is 71.7 Å². The molecule has 0 spiro atoms. The summed E-state index contributed by atoms with van der Waals surface area (Å²) in [4.78, 5) is 11.7. The van der Waals surface area contributed by atoms with Crippen molar-refractivity contribution in [2.24, 2.45) is 0 Å². The van der Waals surface area contributed by atoms with Crippen LogP contribution >= 0.6 is 0 Å². The normalized spacial score (nSPS) is 10.5. The van der Waals surface area contributed by atoms with Crippen molar-refractivity contribution in [3.8, 4) is 5.75 Å². The first kappa shape index (κ1) is 16.5. The minimum Gasteiger partial charge on any atom is -0.496 e. The van der Waals surface area contributed by atoms with Gasteiger partial charge in [0.15, 0.2) is 0 Å². The molecule has 23 heavy (non-hydrogen) atoms. The molecule has 2 rings (SSSR count). The zero-order valence-corrected chi connectivity index (χ0v) is 12.9. The van der Waals surface area contributed by atoms with Crippen LogP contribution in [0.4, 0.5) is 9.18 Å². The van der Waals surface area contributed by atoms with Crippen molar-refractivity contribution >= 4 is 12.1 Å². The predicted molar refractivity (Wildman–Crippen MR) is 88.7 cm³/mol. The fourth-order valence-electron chi connectivity index (χ4n) is 2.03. The van der Waals surface area contributed by atoms with Crippen molar-refractivity contribution in [2.45, 2.75) is 6.42 Å². The van der Waals surface area contributed by atoms with Gasteiger partial charge in [0.2, 0.25) is 0 Å². The number of benzene rings is 2. The first-order chi connectivity index (χ1) is 11.2. The molecule has 120 valence electrons. The van der Waals surface area contributed by atoms with Crippen molar-refractivity contribution in [1.29, 1.82) is 0 Å². The van der Waals surface area contributed by atoms with Crippen LogP contribution in [0.3, 0.4) is 0 Å². The Hall–Kier alpha value is -2.82. The highest BCUT2D eigenvalue weighted by Gasteiger charge is 1.99. The molecule has 2 aromatic carbocycles. The number of hydrogen-bond acceptors (Lipinski definition) is 2. The number of halogens is 1. The SMILES string of the molecule is COc1ccccc1/C=C/NC(=O)NCCc1ccc(F)cc1. The topological polar surface area (TPSA) is 50.4 Å². The summed E-state index contributed by atoms with van der Waals surface area (Å²) in [7, 11) is 1.60. The van der Waals surface area contributed by atoms with E-state index in [-0.39, 0.29) is 11.8 Å². The highest BCUT2D eigenvalue weighted by molar-refractivity contribution is 5.76. The van der Waals surface area contributed by atoms with E-state index < -0.39 is 0 Å². The second-order valence-corrected chi connectivity index (χ2v) is 4.85. The molecule has 0 saturated carbocycles. The summed E-state index contributed by atoms with van der Waals surface area (Å²) >= 11 is 0. The summed E-state index contributed by atoms with van der Waals surface area (Å²) in [5, 5.41) is 5.37. The average molecular weight is 314 g/mol. The molecule has 0 bridgehead atoms. The number of para-hydroxylation sites is 1. The zero-order chi connectivity index (χ0) is 16.5. The average Bonchev–Trinajstić information content (AvgIpc) is 2.57. The first-order valence-electron chi connectivity index (χ1n) is 7.27. The summed E-state index contributed by atoms with van der Waals surface area (Å²) in [6.07, 6.45) is 3.97. The molecule has 0 aliphatic carbocycles. The highest BCUT2D eigenvalue weighted by atomic mass is 19.1. The maximum atomic E-state index is 12.8. The first-order valence-corrected chi connectivity index (χ1v) is 7.27. The number of amides is 2. The quantitative estimate of drug-likeness (QED) is 0.859. The molecule has 0 aromatic heterocycles. The van der Waals surface area contributed by atoms with E-state index >= 15 is 0 Å². The van der Waals surface area contributed by atoms with Crippen LogP contribution in [-0.4, -0.2) is 19.7 Å². The molecule has 0 radical (unpaired) electrons. The summed E-state index contributed by atoms with van der Waals surface area (Å²) in [6.45, 7) is 0.472. The summed E-state index contributed by atoms with van der Waals surface area (Å²) in [5.41, 5.74) is 1.85. The number of ether oxygens (including phenoxy) is 1. The number of methoxy groups -OCH3 is 1. The van der Waals surface area contributed by atoms with Gasteiger partial charge in [-0.3, -0.25) is 0 Å². The summed E-state index contributed by atoms with van der Waals surface area (Å²) in [5.74, 6) is 0.475. The van der Waals surface area contributed by atoms with E-state index in [0.29, 0.717) is 13.0 Å². The van der Waals surface area contributed by atoms with Gasteiger partial charge in [-0.2, -0.15) is 0 Å². The van der Waals surface area contributed by atoms with Gasteiger partial charge in [-0.05, 0) is 36.3 Å². The second kappa shape index (κ2) is 8.58. The zero-order valence-electron chi connectivity index (χ0n) is 12.9. The third-order valence-electron chi connectivity index (χ3n) is 3.23. The summed E-state index contributed by atoms with van der Waals surface area (Å²) in [6, 6.07) is 13.4. The molecule has 2 N–H and O–H groups in total. The lowest BCUT2D eigenvalue weighted by molar-refractivity contribution is 0.244. The second-order valence-electron chi connectivity index (χ2n) is 4.85. The minimum absolute atomic E-state index is 0.263. The van der Waals surface area contributed by atoms with Crippen LogP contribution in [0.5, 0.6) is 5.75 Å². The monoisotopic (exact) mass is 314 g/mol. The molecule has 0 aliphatic rings. The Morgan fingerprint density at radius 2 is 1.91 bits per heavy atom. The Kier molecular flexibility index (Phi) is 6.17. The van der Waals surface area contributed by atoms with Crippen LogP contribution in [0, 0.1) is 5.82 Å². The lowest BCUT2D eigenvalue weighted by atomic mass is 10.1.